The van der Waals surface area contributed by atoms with Crippen LogP contribution in [0.3, 0.4) is 0 Å². The van der Waals surface area contributed by atoms with Crippen molar-refractivity contribution in [2.75, 3.05) is 19.0 Å². The number of fused-ring (bicyclic) bond motifs is 2. The zero-order valence-electron chi connectivity index (χ0n) is 15.1. The summed E-state index contributed by atoms with van der Waals surface area (Å²) in [5.41, 5.74) is 4.22. The van der Waals surface area contributed by atoms with Gasteiger partial charge in [0, 0.05) is 24.5 Å². The van der Waals surface area contributed by atoms with Crippen LogP contribution in [0.2, 0.25) is 0 Å². The second-order valence-electron chi connectivity index (χ2n) is 6.23. The highest BCUT2D eigenvalue weighted by atomic mass is 16.5. The number of pyridine rings is 1. The van der Waals surface area contributed by atoms with E-state index in [9.17, 15) is 0 Å². The highest BCUT2D eigenvalue weighted by molar-refractivity contribution is 6.06. The number of hydrogen-bond donors (Lipinski definition) is 1. The monoisotopic (exact) mass is 346 g/mol. The first-order valence-electron chi connectivity index (χ1n) is 8.91. The minimum atomic E-state index is 0.787. The summed E-state index contributed by atoms with van der Waals surface area (Å²) in [5, 5.41) is 10.2. The molecule has 5 heteroatoms. The standard InChI is InChI=1S/C21H22N4O/c1-3-25-21-18(14-23-25)20(22-12-11-15-7-5-4-6-8-15)17-10-9-16(26-2)13-19(17)24-21/h4-10,13-14H,3,11-12H2,1-2H3,(H,22,24). The topological polar surface area (TPSA) is 52.0 Å². The predicted octanol–water partition coefficient (Wildman–Crippen LogP) is 4.27. The van der Waals surface area contributed by atoms with E-state index < -0.39 is 0 Å². The molecule has 0 radical (unpaired) electrons. The van der Waals surface area contributed by atoms with E-state index in [1.165, 1.54) is 5.56 Å². The van der Waals surface area contributed by atoms with Crippen LogP contribution in [0.4, 0.5) is 5.69 Å². The molecule has 2 aromatic heterocycles. The second kappa shape index (κ2) is 7.04. The molecular formula is C21H22N4O. The lowest BCUT2D eigenvalue weighted by molar-refractivity contribution is 0.415. The lowest BCUT2D eigenvalue weighted by atomic mass is 10.1. The molecule has 2 aromatic carbocycles. The number of nitrogens with zero attached hydrogens (tertiary/aromatic N) is 3. The molecule has 0 saturated heterocycles. The molecule has 0 saturated carbocycles. The van der Waals surface area contributed by atoms with Crippen molar-refractivity contribution in [2.24, 2.45) is 0 Å². The molecule has 0 aliphatic rings. The molecule has 0 aliphatic carbocycles. The molecule has 0 fully saturated rings. The molecule has 132 valence electrons. The zero-order chi connectivity index (χ0) is 17.9. The molecule has 5 nitrogen and oxygen atoms in total. The Morgan fingerprint density at radius 3 is 2.69 bits per heavy atom. The highest BCUT2D eigenvalue weighted by Gasteiger charge is 2.13. The molecule has 4 aromatic rings. The van der Waals surface area contributed by atoms with Gasteiger partial charge in [-0.1, -0.05) is 30.3 Å². The van der Waals surface area contributed by atoms with Gasteiger partial charge < -0.3 is 10.1 Å². The molecule has 0 unspecified atom stereocenters. The predicted molar refractivity (Wildman–Crippen MR) is 106 cm³/mol. The number of nitrogens with one attached hydrogen (secondary N) is 1. The molecule has 26 heavy (non-hydrogen) atoms. The van der Waals surface area contributed by atoms with E-state index in [-0.39, 0.29) is 0 Å². The number of aromatic nitrogens is 3. The lowest BCUT2D eigenvalue weighted by Gasteiger charge is -2.12. The summed E-state index contributed by atoms with van der Waals surface area (Å²) in [6.45, 7) is 3.71. The van der Waals surface area contributed by atoms with Gasteiger partial charge in [-0.3, -0.25) is 0 Å². The van der Waals surface area contributed by atoms with Crippen molar-refractivity contribution in [3.8, 4) is 5.75 Å². The first-order chi connectivity index (χ1) is 12.8. The second-order valence-corrected chi connectivity index (χ2v) is 6.23. The number of benzene rings is 2. The fourth-order valence-corrected chi connectivity index (χ4v) is 3.27. The Morgan fingerprint density at radius 1 is 1.08 bits per heavy atom. The summed E-state index contributed by atoms with van der Waals surface area (Å²) >= 11 is 0. The molecule has 2 heterocycles. The fourth-order valence-electron chi connectivity index (χ4n) is 3.27. The molecule has 4 rings (SSSR count). The van der Waals surface area contributed by atoms with Crippen molar-refractivity contribution in [3.05, 3.63) is 60.3 Å². The summed E-state index contributed by atoms with van der Waals surface area (Å²) in [6.07, 6.45) is 2.87. The van der Waals surface area contributed by atoms with Gasteiger partial charge in [0.2, 0.25) is 0 Å². The minimum absolute atomic E-state index is 0.787. The maximum Gasteiger partial charge on any atom is 0.160 e. The maximum atomic E-state index is 5.37. The summed E-state index contributed by atoms with van der Waals surface area (Å²) in [4.78, 5) is 4.82. The molecule has 0 aliphatic heterocycles. The van der Waals surface area contributed by atoms with Gasteiger partial charge in [0.25, 0.3) is 0 Å². The van der Waals surface area contributed by atoms with Crippen molar-refractivity contribution < 1.29 is 4.74 Å². The van der Waals surface area contributed by atoms with E-state index >= 15 is 0 Å². The molecule has 0 bridgehead atoms. The first kappa shape index (κ1) is 16.4. The SMILES string of the molecule is CCn1ncc2c(NCCc3ccccc3)c3ccc(OC)cc3nc21. The molecule has 0 amide bonds. The van der Waals surface area contributed by atoms with Gasteiger partial charge >= 0.3 is 0 Å². The minimum Gasteiger partial charge on any atom is -0.497 e. The van der Waals surface area contributed by atoms with Crippen LogP contribution in [0.15, 0.2) is 54.7 Å². The van der Waals surface area contributed by atoms with Crippen molar-refractivity contribution in [1.29, 1.82) is 0 Å². The molecule has 1 N–H and O–H groups in total. The van der Waals surface area contributed by atoms with Crippen LogP contribution in [0, 0.1) is 0 Å². The molecule has 0 atom stereocenters. The van der Waals surface area contributed by atoms with Crippen LogP contribution in [-0.4, -0.2) is 28.4 Å². The smallest absolute Gasteiger partial charge is 0.160 e. The largest absolute Gasteiger partial charge is 0.497 e. The Morgan fingerprint density at radius 2 is 1.92 bits per heavy atom. The average Bonchev–Trinajstić information content (AvgIpc) is 3.10. The highest BCUT2D eigenvalue weighted by Crippen LogP contribution is 2.32. The number of methoxy groups -OCH3 is 1. The van der Waals surface area contributed by atoms with Crippen LogP contribution >= 0.6 is 0 Å². The fraction of sp³-hybridized carbons (Fsp3) is 0.238. The molecular weight excluding hydrogens is 324 g/mol. The van der Waals surface area contributed by atoms with Crippen molar-refractivity contribution in [1.82, 2.24) is 14.8 Å². The van der Waals surface area contributed by atoms with E-state index in [0.29, 0.717) is 0 Å². The van der Waals surface area contributed by atoms with Crippen LogP contribution in [0.1, 0.15) is 12.5 Å². The van der Waals surface area contributed by atoms with Crippen LogP contribution < -0.4 is 10.1 Å². The third-order valence-electron chi connectivity index (χ3n) is 4.64. The van der Waals surface area contributed by atoms with E-state index in [2.05, 4.69) is 47.7 Å². The lowest BCUT2D eigenvalue weighted by Crippen LogP contribution is -2.06. The van der Waals surface area contributed by atoms with E-state index in [1.54, 1.807) is 7.11 Å². The summed E-state index contributed by atoms with van der Waals surface area (Å²) in [6, 6.07) is 16.5. The summed E-state index contributed by atoms with van der Waals surface area (Å²) in [5.74, 6) is 0.808. The Bertz CT molecular complexity index is 1040. The van der Waals surface area contributed by atoms with Gasteiger partial charge in [-0.25, -0.2) is 9.67 Å². The number of rotatable bonds is 6. The average molecular weight is 346 g/mol. The number of aryl methyl sites for hydroxylation is 1. The Labute approximate surface area is 152 Å². The molecule has 0 spiro atoms. The Hall–Kier alpha value is -3.08. The van der Waals surface area contributed by atoms with Gasteiger partial charge in [0.15, 0.2) is 5.65 Å². The third-order valence-corrected chi connectivity index (χ3v) is 4.64. The normalized spacial score (nSPS) is 11.2. The van der Waals surface area contributed by atoms with Crippen molar-refractivity contribution in [2.45, 2.75) is 19.9 Å². The van der Waals surface area contributed by atoms with Gasteiger partial charge in [-0.2, -0.15) is 5.10 Å². The zero-order valence-corrected chi connectivity index (χ0v) is 15.1. The van der Waals surface area contributed by atoms with Gasteiger partial charge in [0.1, 0.15) is 5.75 Å². The Kier molecular flexibility index (Phi) is 4.44. The summed E-state index contributed by atoms with van der Waals surface area (Å²) < 4.78 is 7.30. The van der Waals surface area contributed by atoms with Gasteiger partial charge in [0.05, 0.1) is 29.9 Å². The Balaban J connectivity index is 1.75. The number of anilines is 1. The quantitative estimate of drug-likeness (QED) is 0.566. The van der Waals surface area contributed by atoms with Crippen LogP contribution in [0.25, 0.3) is 21.9 Å². The van der Waals surface area contributed by atoms with Crippen LogP contribution in [-0.2, 0) is 13.0 Å². The first-order valence-corrected chi connectivity index (χ1v) is 8.91. The van der Waals surface area contributed by atoms with Crippen molar-refractivity contribution >= 4 is 27.6 Å². The number of hydrogen-bond acceptors (Lipinski definition) is 4. The maximum absolute atomic E-state index is 5.37. The van der Waals surface area contributed by atoms with Gasteiger partial charge in [-0.05, 0) is 31.0 Å². The van der Waals surface area contributed by atoms with E-state index in [1.807, 2.05) is 29.1 Å². The van der Waals surface area contributed by atoms with Crippen LogP contribution in [0.5, 0.6) is 5.75 Å². The van der Waals surface area contributed by atoms with E-state index in [0.717, 1.165) is 52.9 Å². The van der Waals surface area contributed by atoms with Gasteiger partial charge in [-0.15, -0.1) is 0 Å². The summed E-state index contributed by atoms with van der Waals surface area (Å²) in [7, 11) is 1.68. The third kappa shape index (κ3) is 2.96. The van der Waals surface area contributed by atoms with E-state index in [4.69, 9.17) is 9.72 Å². The van der Waals surface area contributed by atoms with Crippen molar-refractivity contribution in [3.63, 3.8) is 0 Å². The number of ether oxygens (including phenoxy) is 1.